The molecule has 0 aliphatic heterocycles. The zero-order valence-corrected chi connectivity index (χ0v) is 14.8. The number of nitrogens with one attached hydrogen (secondary N) is 2. The molecule has 3 aromatic rings. The average Bonchev–Trinajstić information content (AvgIpc) is 2.93. The van der Waals surface area contributed by atoms with E-state index in [2.05, 4.69) is 15.8 Å². The number of hydrazone groups is 1. The second-order valence-electron chi connectivity index (χ2n) is 5.49. The Hall–Kier alpha value is -2.99. The van der Waals surface area contributed by atoms with Gasteiger partial charge in [0.05, 0.1) is 17.4 Å². The van der Waals surface area contributed by atoms with E-state index in [1.54, 1.807) is 13.3 Å². The van der Waals surface area contributed by atoms with E-state index in [1.165, 1.54) is 0 Å². The average molecular weight is 350 g/mol. The number of rotatable bonds is 4. The fourth-order valence-electron chi connectivity index (χ4n) is 2.74. The van der Waals surface area contributed by atoms with Crippen LogP contribution in [0.2, 0.25) is 0 Å². The van der Waals surface area contributed by atoms with Crippen LogP contribution in [0.25, 0.3) is 5.52 Å². The predicted octanol–water partition coefficient (Wildman–Crippen LogP) is 2.91. The molecule has 2 heterocycles. The molecular formula is C19H18N4OS. The highest BCUT2D eigenvalue weighted by Crippen LogP contribution is 2.24. The lowest BCUT2D eigenvalue weighted by Crippen LogP contribution is -2.28. The SMILES string of the molecule is CNC(=S)N/N=C\c1c(C)c(C(=O)c2ccccc2)n2ccccc12. The quantitative estimate of drug-likeness (QED) is 0.329. The van der Waals surface area contributed by atoms with E-state index in [0.717, 1.165) is 16.6 Å². The third-order valence-corrected chi connectivity index (χ3v) is 4.27. The van der Waals surface area contributed by atoms with E-state index in [0.29, 0.717) is 16.4 Å². The molecule has 0 amide bonds. The number of pyridine rings is 1. The third-order valence-electron chi connectivity index (χ3n) is 3.97. The highest BCUT2D eigenvalue weighted by atomic mass is 32.1. The Kier molecular flexibility index (Phi) is 4.90. The van der Waals surface area contributed by atoms with Gasteiger partial charge >= 0.3 is 0 Å². The topological polar surface area (TPSA) is 57.9 Å². The van der Waals surface area contributed by atoms with Gasteiger partial charge in [-0.2, -0.15) is 5.10 Å². The van der Waals surface area contributed by atoms with Crippen molar-refractivity contribution in [3.63, 3.8) is 0 Å². The summed E-state index contributed by atoms with van der Waals surface area (Å²) in [6.45, 7) is 1.93. The number of hydrogen-bond donors (Lipinski definition) is 2. The number of hydrogen-bond acceptors (Lipinski definition) is 3. The van der Waals surface area contributed by atoms with Crippen LogP contribution < -0.4 is 10.7 Å². The van der Waals surface area contributed by atoms with Crippen LogP contribution in [0.15, 0.2) is 59.8 Å². The van der Waals surface area contributed by atoms with Crippen LogP contribution in [-0.2, 0) is 0 Å². The number of carbonyl (C=O) groups excluding carboxylic acids is 1. The second-order valence-corrected chi connectivity index (χ2v) is 5.90. The Morgan fingerprint density at radius 2 is 1.88 bits per heavy atom. The molecule has 0 unspecified atom stereocenters. The third kappa shape index (κ3) is 3.29. The summed E-state index contributed by atoms with van der Waals surface area (Å²) in [4.78, 5) is 13.0. The van der Waals surface area contributed by atoms with Gasteiger partial charge in [-0.1, -0.05) is 36.4 Å². The van der Waals surface area contributed by atoms with Crippen molar-refractivity contribution in [3.8, 4) is 0 Å². The Balaban J connectivity index is 2.10. The number of nitrogens with zero attached hydrogens (tertiary/aromatic N) is 2. The maximum absolute atomic E-state index is 13.0. The minimum absolute atomic E-state index is 0.0161. The Morgan fingerprint density at radius 1 is 1.16 bits per heavy atom. The fraction of sp³-hybridized carbons (Fsp3) is 0.105. The first-order valence-electron chi connectivity index (χ1n) is 7.83. The van der Waals surface area contributed by atoms with Crippen LogP contribution in [0.5, 0.6) is 0 Å². The van der Waals surface area contributed by atoms with Gasteiger partial charge < -0.3 is 9.72 Å². The second kappa shape index (κ2) is 7.27. The van der Waals surface area contributed by atoms with Crippen molar-refractivity contribution in [2.75, 3.05) is 7.05 Å². The number of benzene rings is 1. The van der Waals surface area contributed by atoms with Gasteiger partial charge in [0.2, 0.25) is 5.78 Å². The zero-order valence-electron chi connectivity index (χ0n) is 14.0. The minimum Gasteiger partial charge on any atom is -0.364 e. The summed E-state index contributed by atoms with van der Waals surface area (Å²) in [5.74, 6) is -0.0161. The van der Waals surface area contributed by atoms with Gasteiger partial charge in [0.15, 0.2) is 5.11 Å². The first-order valence-corrected chi connectivity index (χ1v) is 8.24. The van der Waals surface area contributed by atoms with Gasteiger partial charge in [-0.3, -0.25) is 10.2 Å². The Labute approximate surface area is 151 Å². The first kappa shape index (κ1) is 16.9. The zero-order chi connectivity index (χ0) is 17.8. The van der Waals surface area contributed by atoms with Crippen LogP contribution in [0, 0.1) is 6.92 Å². The predicted molar refractivity (Wildman–Crippen MR) is 104 cm³/mol. The number of aromatic nitrogens is 1. The molecule has 0 bridgehead atoms. The first-order chi connectivity index (χ1) is 12.1. The van der Waals surface area contributed by atoms with E-state index in [9.17, 15) is 4.79 Å². The Bertz CT molecular complexity index is 960. The van der Waals surface area contributed by atoms with Gasteiger partial charge in [-0.25, -0.2) is 0 Å². The molecule has 1 aromatic carbocycles. The van der Waals surface area contributed by atoms with Crippen molar-refractivity contribution in [3.05, 3.63) is 77.1 Å². The van der Waals surface area contributed by atoms with Crippen LogP contribution >= 0.6 is 12.2 Å². The molecule has 0 saturated heterocycles. The van der Waals surface area contributed by atoms with Gasteiger partial charge in [0, 0.05) is 24.4 Å². The number of thiocarbonyl (C=S) groups is 1. The summed E-state index contributed by atoms with van der Waals surface area (Å²) in [5.41, 5.74) is 6.71. The van der Waals surface area contributed by atoms with Crippen LogP contribution in [0.3, 0.4) is 0 Å². The summed E-state index contributed by atoms with van der Waals surface area (Å²) < 4.78 is 1.91. The molecule has 2 N–H and O–H groups in total. The molecule has 0 aliphatic carbocycles. The van der Waals surface area contributed by atoms with Crippen LogP contribution in [-0.4, -0.2) is 28.6 Å². The number of ketones is 1. The lowest BCUT2D eigenvalue weighted by atomic mass is 10.0. The molecule has 0 spiro atoms. The summed E-state index contributed by atoms with van der Waals surface area (Å²) in [6.07, 6.45) is 3.58. The van der Waals surface area contributed by atoms with Gasteiger partial charge in [-0.15, -0.1) is 0 Å². The fourth-order valence-corrected chi connectivity index (χ4v) is 2.79. The minimum atomic E-state index is -0.0161. The van der Waals surface area contributed by atoms with E-state index < -0.39 is 0 Å². The summed E-state index contributed by atoms with van der Waals surface area (Å²) in [5, 5.41) is 7.39. The lowest BCUT2D eigenvalue weighted by Gasteiger charge is -2.03. The maximum Gasteiger partial charge on any atom is 0.210 e. The maximum atomic E-state index is 13.0. The lowest BCUT2D eigenvalue weighted by molar-refractivity contribution is 0.103. The molecule has 0 atom stereocenters. The molecule has 2 aromatic heterocycles. The molecule has 25 heavy (non-hydrogen) atoms. The molecule has 3 rings (SSSR count). The highest BCUT2D eigenvalue weighted by molar-refractivity contribution is 7.80. The molecular weight excluding hydrogens is 332 g/mol. The highest BCUT2D eigenvalue weighted by Gasteiger charge is 2.20. The van der Waals surface area contributed by atoms with Crippen LogP contribution in [0.4, 0.5) is 0 Å². The monoisotopic (exact) mass is 350 g/mol. The van der Waals surface area contributed by atoms with E-state index in [1.807, 2.05) is 66.1 Å². The van der Waals surface area contributed by atoms with Crippen molar-refractivity contribution in [1.29, 1.82) is 0 Å². The molecule has 0 radical (unpaired) electrons. The summed E-state index contributed by atoms with van der Waals surface area (Å²) >= 11 is 5.01. The molecule has 6 heteroatoms. The summed E-state index contributed by atoms with van der Waals surface area (Å²) in [7, 11) is 1.72. The van der Waals surface area contributed by atoms with Crippen molar-refractivity contribution >= 4 is 34.8 Å². The van der Waals surface area contributed by atoms with Crippen molar-refractivity contribution in [2.24, 2.45) is 5.10 Å². The molecule has 0 fully saturated rings. The van der Waals surface area contributed by atoms with Crippen molar-refractivity contribution in [2.45, 2.75) is 6.92 Å². The van der Waals surface area contributed by atoms with Gasteiger partial charge in [0.1, 0.15) is 0 Å². The van der Waals surface area contributed by atoms with E-state index in [4.69, 9.17) is 12.2 Å². The standard InChI is InChI=1S/C19H18N4OS/c1-13-15(12-21-22-19(25)20-2)16-10-6-7-11-23(16)17(13)18(24)14-8-4-3-5-9-14/h3-12H,1-2H3,(H2,20,22,25)/b21-12-. The Morgan fingerprint density at radius 3 is 2.60 bits per heavy atom. The van der Waals surface area contributed by atoms with Crippen molar-refractivity contribution < 1.29 is 4.79 Å². The number of fused-ring (bicyclic) bond motifs is 1. The smallest absolute Gasteiger partial charge is 0.210 e. The largest absolute Gasteiger partial charge is 0.364 e. The molecule has 0 aliphatic rings. The molecule has 0 saturated carbocycles. The van der Waals surface area contributed by atoms with Gasteiger partial charge in [-0.05, 0) is 36.8 Å². The number of carbonyl (C=O) groups is 1. The van der Waals surface area contributed by atoms with Gasteiger partial charge in [0.25, 0.3) is 0 Å². The van der Waals surface area contributed by atoms with E-state index >= 15 is 0 Å². The van der Waals surface area contributed by atoms with Crippen molar-refractivity contribution in [1.82, 2.24) is 15.1 Å². The van der Waals surface area contributed by atoms with E-state index in [-0.39, 0.29) is 5.78 Å². The van der Waals surface area contributed by atoms with Crippen LogP contribution in [0.1, 0.15) is 27.2 Å². The molecule has 5 nitrogen and oxygen atoms in total. The summed E-state index contributed by atoms with van der Waals surface area (Å²) in [6, 6.07) is 15.1. The normalized spacial score (nSPS) is 11.0. The molecule has 126 valence electrons.